The van der Waals surface area contributed by atoms with Crippen molar-refractivity contribution in [2.45, 2.75) is 0 Å². The normalized spacial score (nSPS) is 10.7. The molecule has 0 unspecified atom stereocenters. The molecular formula is C19H14N2O. The smallest absolute Gasteiger partial charge is 0.151 e. The van der Waals surface area contributed by atoms with Crippen LogP contribution in [0.5, 0.6) is 0 Å². The van der Waals surface area contributed by atoms with Gasteiger partial charge in [0.05, 0.1) is 12.0 Å². The quantitative estimate of drug-likeness (QED) is 0.575. The second-order valence-electron chi connectivity index (χ2n) is 5.09. The maximum Gasteiger partial charge on any atom is 0.151 e. The van der Waals surface area contributed by atoms with Crippen LogP contribution in [-0.4, -0.2) is 10.2 Å². The SMILES string of the molecule is c1ccc(-c2ccc(-c3cc(-c4ccco4)[nH]n3)cc2)cc1. The molecule has 0 aliphatic rings. The van der Waals surface area contributed by atoms with Gasteiger partial charge in [0.25, 0.3) is 0 Å². The number of nitrogens with zero attached hydrogens (tertiary/aromatic N) is 1. The van der Waals surface area contributed by atoms with E-state index in [1.165, 1.54) is 11.1 Å². The van der Waals surface area contributed by atoms with Crippen LogP contribution >= 0.6 is 0 Å². The number of rotatable bonds is 3. The molecule has 0 radical (unpaired) electrons. The van der Waals surface area contributed by atoms with Crippen LogP contribution in [0.3, 0.4) is 0 Å². The zero-order valence-electron chi connectivity index (χ0n) is 11.9. The molecule has 0 fully saturated rings. The molecule has 0 saturated carbocycles. The summed E-state index contributed by atoms with van der Waals surface area (Å²) in [5, 5.41) is 7.37. The third kappa shape index (κ3) is 2.33. The van der Waals surface area contributed by atoms with Gasteiger partial charge in [-0.2, -0.15) is 5.10 Å². The summed E-state index contributed by atoms with van der Waals surface area (Å²) in [6.45, 7) is 0. The van der Waals surface area contributed by atoms with Gasteiger partial charge in [0.1, 0.15) is 5.69 Å². The Hall–Kier alpha value is -3.07. The molecule has 4 aromatic rings. The van der Waals surface area contributed by atoms with Crippen molar-refractivity contribution in [1.29, 1.82) is 0 Å². The molecule has 0 aliphatic carbocycles. The molecule has 4 rings (SSSR count). The van der Waals surface area contributed by atoms with Gasteiger partial charge in [0, 0.05) is 5.56 Å². The summed E-state index contributed by atoms with van der Waals surface area (Å²) in [6, 6.07) is 24.5. The second kappa shape index (κ2) is 5.37. The number of benzene rings is 2. The molecule has 3 nitrogen and oxygen atoms in total. The molecular weight excluding hydrogens is 272 g/mol. The molecule has 0 amide bonds. The van der Waals surface area contributed by atoms with Crippen LogP contribution in [0.2, 0.25) is 0 Å². The third-order valence-corrected chi connectivity index (χ3v) is 3.65. The minimum Gasteiger partial charge on any atom is -0.463 e. The van der Waals surface area contributed by atoms with Crippen LogP contribution in [0.15, 0.2) is 83.5 Å². The summed E-state index contributed by atoms with van der Waals surface area (Å²) < 4.78 is 5.37. The predicted molar refractivity (Wildman–Crippen MR) is 87.2 cm³/mol. The second-order valence-corrected chi connectivity index (χ2v) is 5.09. The lowest BCUT2D eigenvalue weighted by Crippen LogP contribution is -1.80. The highest BCUT2D eigenvalue weighted by atomic mass is 16.3. The Balaban J connectivity index is 1.64. The van der Waals surface area contributed by atoms with Gasteiger partial charge >= 0.3 is 0 Å². The van der Waals surface area contributed by atoms with Crippen LogP contribution in [0, 0.1) is 0 Å². The molecule has 22 heavy (non-hydrogen) atoms. The van der Waals surface area contributed by atoms with E-state index in [0.717, 1.165) is 22.7 Å². The van der Waals surface area contributed by atoms with Gasteiger partial charge in [-0.25, -0.2) is 0 Å². The van der Waals surface area contributed by atoms with Crippen LogP contribution in [0.4, 0.5) is 0 Å². The minimum absolute atomic E-state index is 0.791. The molecule has 2 aromatic carbocycles. The van der Waals surface area contributed by atoms with Gasteiger partial charge in [-0.1, -0.05) is 54.6 Å². The van der Waals surface area contributed by atoms with E-state index in [9.17, 15) is 0 Å². The molecule has 0 saturated heterocycles. The number of nitrogens with one attached hydrogen (secondary N) is 1. The molecule has 0 aliphatic heterocycles. The first-order valence-electron chi connectivity index (χ1n) is 7.15. The molecule has 0 bridgehead atoms. The molecule has 0 spiro atoms. The van der Waals surface area contributed by atoms with Crippen molar-refractivity contribution >= 4 is 0 Å². The Morgan fingerprint density at radius 1 is 0.727 bits per heavy atom. The van der Waals surface area contributed by atoms with Gasteiger partial charge in [0.15, 0.2) is 5.76 Å². The molecule has 2 heterocycles. The van der Waals surface area contributed by atoms with E-state index in [0.29, 0.717) is 0 Å². The molecule has 3 heteroatoms. The van der Waals surface area contributed by atoms with Crippen molar-refractivity contribution in [1.82, 2.24) is 10.2 Å². The summed E-state index contributed by atoms with van der Waals surface area (Å²) in [4.78, 5) is 0. The highest BCUT2D eigenvalue weighted by molar-refractivity contribution is 5.70. The fourth-order valence-electron chi connectivity index (χ4n) is 2.49. The number of furan rings is 1. The summed E-state index contributed by atoms with van der Waals surface area (Å²) in [5.74, 6) is 0.791. The van der Waals surface area contributed by atoms with E-state index < -0.39 is 0 Å². The van der Waals surface area contributed by atoms with Crippen LogP contribution in [0.1, 0.15) is 0 Å². The van der Waals surface area contributed by atoms with E-state index >= 15 is 0 Å². The van der Waals surface area contributed by atoms with Crippen molar-refractivity contribution < 1.29 is 4.42 Å². The van der Waals surface area contributed by atoms with Gasteiger partial charge in [-0.3, -0.25) is 5.10 Å². The molecule has 106 valence electrons. The lowest BCUT2D eigenvalue weighted by molar-refractivity contribution is 0.580. The first kappa shape index (κ1) is 12.7. The van der Waals surface area contributed by atoms with Crippen LogP contribution < -0.4 is 0 Å². The average molecular weight is 286 g/mol. The lowest BCUT2D eigenvalue weighted by atomic mass is 10.0. The van der Waals surface area contributed by atoms with Crippen LogP contribution in [0.25, 0.3) is 33.8 Å². The molecule has 0 atom stereocenters. The van der Waals surface area contributed by atoms with Crippen molar-refractivity contribution in [2.24, 2.45) is 0 Å². The Morgan fingerprint density at radius 3 is 2.18 bits per heavy atom. The van der Waals surface area contributed by atoms with E-state index in [2.05, 4.69) is 46.6 Å². The van der Waals surface area contributed by atoms with Crippen molar-refractivity contribution in [3.63, 3.8) is 0 Å². The standard InChI is InChI=1S/C19H14N2O/c1-2-5-14(6-3-1)15-8-10-16(11-9-15)17-13-18(21-20-17)19-7-4-12-22-19/h1-13H,(H,20,21). The zero-order valence-corrected chi connectivity index (χ0v) is 11.9. The maximum atomic E-state index is 5.37. The summed E-state index contributed by atoms with van der Waals surface area (Å²) in [5.41, 5.74) is 5.28. The fraction of sp³-hybridized carbons (Fsp3) is 0. The van der Waals surface area contributed by atoms with Gasteiger partial charge < -0.3 is 4.42 Å². The van der Waals surface area contributed by atoms with Crippen molar-refractivity contribution in [3.05, 3.63) is 79.1 Å². The summed E-state index contributed by atoms with van der Waals surface area (Å²) >= 11 is 0. The topological polar surface area (TPSA) is 41.8 Å². The van der Waals surface area contributed by atoms with E-state index in [1.54, 1.807) is 6.26 Å². The molecule has 1 N–H and O–H groups in total. The Labute approximate surface area is 128 Å². The first-order valence-corrected chi connectivity index (χ1v) is 7.15. The Morgan fingerprint density at radius 2 is 1.45 bits per heavy atom. The molecule has 2 aromatic heterocycles. The summed E-state index contributed by atoms with van der Waals surface area (Å²) in [6.07, 6.45) is 1.66. The van der Waals surface area contributed by atoms with E-state index in [-0.39, 0.29) is 0 Å². The van der Waals surface area contributed by atoms with Crippen LogP contribution in [-0.2, 0) is 0 Å². The predicted octanol–water partition coefficient (Wildman–Crippen LogP) is 5.00. The number of hydrogen-bond donors (Lipinski definition) is 1. The number of H-pyrrole nitrogens is 1. The fourth-order valence-corrected chi connectivity index (χ4v) is 2.49. The van der Waals surface area contributed by atoms with Gasteiger partial charge in [0.2, 0.25) is 0 Å². The monoisotopic (exact) mass is 286 g/mol. The maximum absolute atomic E-state index is 5.37. The summed E-state index contributed by atoms with van der Waals surface area (Å²) in [7, 11) is 0. The lowest BCUT2D eigenvalue weighted by Gasteiger charge is -2.02. The highest BCUT2D eigenvalue weighted by Gasteiger charge is 2.07. The third-order valence-electron chi connectivity index (χ3n) is 3.65. The van der Waals surface area contributed by atoms with Crippen molar-refractivity contribution in [2.75, 3.05) is 0 Å². The zero-order chi connectivity index (χ0) is 14.8. The average Bonchev–Trinajstić information content (AvgIpc) is 3.27. The number of hydrogen-bond acceptors (Lipinski definition) is 2. The Bertz CT molecular complexity index is 859. The largest absolute Gasteiger partial charge is 0.463 e. The minimum atomic E-state index is 0.791. The number of aromatic amines is 1. The van der Waals surface area contributed by atoms with Gasteiger partial charge in [-0.15, -0.1) is 0 Å². The van der Waals surface area contributed by atoms with E-state index in [1.807, 2.05) is 36.4 Å². The van der Waals surface area contributed by atoms with Crippen molar-refractivity contribution in [3.8, 4) is 33.8 Å². The Kier molecular flexibility index (Phi) is 3.09. The first-order chi connectivity index (χ1) is 10.9. The highest BCUT2D eigenvalue weighted by Crippen LogP contribution is 2.26. The number of aromatic nitrogens is 2. The van der Waals surface area contributed by atoms with Gasteiger partial charge in [-0.05, 0) is 29.3 Å². The van der Waals surface area contributed by atoms with E-state index in [4.69, 9.17) is 4.42 Å².